The molecule has 0 radical (unpaired) electrons. The van der Waals surface area contributed by atoms with Gasteiger partial charge in [-0.25, -0.2) is 9.59 Å². The summed E-state index contributed by atoms with van der Waals surface area (Å²) < 4.78 is 10.5. The Morgan fingerprint density at radius 3 is 2.19 bits per heavy atom. The van der Waals surface area contributed by atoms with E-state index in [0.29, 0.717) is 32.8 Å². The van der Waals surface area contributed by atoms with Gasteiger partial charge in [0.15, 0.2) is 0 Å². The Kier molecular flexibility index (Phi) is 7.33. The second-order valence-electron chi connectivity index (χ2n) is 8.24. The fourth-order valence-electron chi connectivity index (χ4n) is 2.95. The molecule has 2 rings (SSSR count). The second-order valence-corrected chi connectivity index (χ2v) is 8.24. The van der Waals surface area contributed by atoms with Crippen molar-refractivity contribution in [2.45, 2.75) is 65.0 Å². The normalized spacial score (nSPS) is 18.7. The molecule has 0 aromatic heterocycles. The number of nitrogens with one attached hydrogen (secondary N) is 1. The Hall–Kier alpha value is -1.99. The number of unbranched alkanes of at least 4 members (excludes halogenated alkanes) is 1. The van der Waals surface area contributed by atoms with Gasteiger partial charge in [0.05, 0.1) is 6.61 Å². The lowest BCUT2D eigenvalue weighted by Gasteiger charge is -2.36. The van der Waals surface area contributed by atoms with Gasteiger partial charge in [0.25, 0.3) is 0 Å². The quantitative estimate of drug-likeness (QED) is 0.712. The van der Waals surface area contributed by atoms with Crippen molar-refractivity contribution < 1.29 is 23.9 Å². The zero-order valence-corrected chi connectivity index (χ0v) is 17.0. The maximum absolute atomic E-state index is 12.9. The Labute approximate surface area is 161 Å². The van der Waals surface area contributed by atoms with Gasteiger partial charge < -0.3 is 24.6 Å². The Balaban J connectivity index is 1.83. The summed E-state index contributed by atoms with van der Waals surface area (Å²) in [4.78, 5) is 40.3. The monoisotopic (exact) mass is 383 g/mol. The van der Waals surface area contributed by atoms with Crippen LogP contribution < -0.4 is 5.32 Å². The van der Waals surface area contributed by atoms with Crippen molar-refractivity contribution in [2.75, 3.05) is 32.8 Å². The van der Waals surface area contributed by atoms with Crippen molar-refractivity contribution in [3.8, 4) is 0 Å². The number of piperazine rings is 1. The summed E-state index contributed by atoms with van der Waals surface area (Å²) in [5.41, 5.74) is -0.606. The summed E-state index contributed by atoms with van der Waals surface area (Å²) >= 11 is 0. The summed E-state index contributed by atoms with van der Waals surface area (Å²) in [6, 6.07) is -0.553. The van der Waals surface area contributed by atoms with Crippen LogP contribution in [0, 0.1) is 5.92 Å². The molecule has 1 aliphatic carbocycles. The molecule has 8 heteroatoms. The number of hydrogen-bond donors (Lipinski definition) is 1. The van der Waals surface area contributed by atoms with Gasteiger partial charge in [0, 0.05) is 26.2 Å². The summed E-state index contributed by atoms with van der Waals surface area (Å²) in [5.74, 6) is 0.0735. The Morgan fingerprint density at radius 1 is 1.07 bits per heavy atom. The van der Waals surface area contributed by atoms with Crippen molar-refractivity contribution in [3.05, 3.63) is 0 Å². The minimum Gasteiger partial charge on any atom is -0.449 e. The van der Waals surface area contributed by atoms with E-state index >= 15 is 0 Å². The lowest BCUT2D eigenvalue weighted by molar-refractivity contribution is -0.135. The fourth-order valence-corrected chi connectivity index (χ4v) is 2.95. The number of amides is 3. The molecule has 27 heavy (non-hydrogen) atoms. The van der Waals surface area contributed by atoms with Gasteiger partial charge in [-0.15, -0.1) is 0 Å². The maximum Gasteiger partial charge on any atom is 0.409 e. The highest BCUT2D eigenvalue weighted by Gasteiger charge is 2.41. The third-order valence-electron chi connectivity index (χ3n) is 4.60. The van der Waals surface area contributed by atoms with Crippen LogP contribution in [0.15, 0.2) is 0 Å². The number of hydrogen-bond acceptors (Lipinski definition) is 5. The molecule has 8 nitrogen and oxygen atoms in total. The number of carbonyl (C=O) groups is 3. The van der Waals surface area contributed by atoms with Gasteiger partial charge in [-0.2, -0.15) is 0 Å². The average Bonchev–Trinajstić information content (AvgIpc) is 3.43. The zero-order valence-electron chi connectivity index (χ0n) is 17.0. The molecule has 0 bridgehead atoms. The molecule has 2 aliphatic rings. The zero-order chi connectivity index (χ0) is 20.0. The third-order valence-corrected chi connectivity index (χ3v) is 4.60. The van der Waals surface area contributed by atoms with Crippen LogP contribution in [0.3, 0.4) is 0 Å². The van der Waals surface area contributed by atoms with E-state index in [1.165, 1.54) is 0 Å². The molecule has 1 heterocycles. The second kappa shape index (κ2) is 9.28. The van der Waals surface area contributed by atoms with Gasteiger partial charge in [0.2, 0.25) is 5.91 Å². The number of nitrogens with zero attached hydrogens (tertiary/aromatic N) is 2. The van der Waals surface area contributed by atoms with Crippen molar-refractivity contribution in [1.29, 1.82) is 0 Å². The summed E-state index contributed by atoms with van der Waals surface area (Å²) in [6.45, 7) is 9.62. The first-order valence-electron chi connectivity index (χ1n) is 9.91. The molecule has 2 fully saturated rings. The van der Waals surface area contributed by atoms with Crippen molar-refractivity contribution in [2.24, 2.45) is 5.92 Å². The molecule has 0 aromatic rings. The lowest BCUT2D eigenvalue weighted by atomic mass is 10.1. The van der Waals surface area contributed by atoms with Crippen molar-refractivity contribution in [3.63, 3.8) is 0 Å². The Bertz CT molecular complexity index is 534. The summed E-state index contributed by atoms with van der Waals surface area (Å²) in [6.07, 6.45) is 2.80. The first-order valence-corrected chi connectivity index (χ1v) is 9.91. The van der Waals surface area contributed by atoms with Gasteiger partial charge >= 0.3 is 12.2 Å². The van der Waals surface area contributed by atoms with E-state index in [9.17, 15) is 14.4 Å². The van der Waals surface area contributed by atoms with Gasteiger partial charge in [-0.3, -0.25) is 4.79 Å². The highest BCUT2D eigenvalue weighted by atomic mass is 16.6. The minimum absolute atomic E-state index is 0.0950. The van der Waals surface area contributed by atoms with Crippen LogP contribution in [0.2, 0.25) is 0 Å². The van der Waals surface area contributed by atoms with Gasteiger partial charge in [0.1, 0.15) is 11.6 Å². The number of carbonyl (C=O) groups excluding carboxylic acids is 3. The summed E-state index contributed by atoms with van der Waals surface area (Å²) in [7, 11) is 0. The van der Waals surface area contributed by atoms with E-state index in [0.717, 1.165) is 25.7 Å². The van der Waals surface area contributed by atoms with Crippen LogP contribution in [0.1, 0.15) is 53.4 Å². The number of ether oxygens (including phenoxy) is 2. The highest BCUT2D eigenvalue weighted by Crippen LogP contribution is 2.33. The predicted octanol–water partition coefficient (Wildman–Crippen LogP) is 2.37. The van der Waals surface area contributed by atoms with Crippen LogP contribution in [-0.4, -0.2) is 72.3 Å². The fraction of sp³-hybridized carbons (Fsp3) is 0.842. The third kappa shape index (κ3) is 6.92. The largest absolute Gasteiger partial charge is 0.449 e. The minimum atomic E-state index is -0.606. The molecule has 0 aromatic carbocycles. The van der Waals surface area contributed by atoms with E-state index in [-0.39, 0.29) is 17.9 Å². The lowest BCUT2D eigenvalue weighted by Crippen LogP contribution is -2.56. The Morgan fingerprint density at radius 2 is 1.67 bits per heavy atom. The SMILES string of the molecule is CCCCOC(=O)N1CCN(C(=O)[C@@H](NC(=O)OC(C)(C)C)C2CC2)CC1. The van der Waals surface area contributed by atoms with Crippen LogP contribution in [0.4, 0.5) is 9.59 Å². The molecular formula is C19H33N3O5. The van der Waals surface area contributed by atoms with Crippen LogP contribution in [0.5, 0.6) is 0 Å². The van der Waals surface area contributed by atoms with Crippen molar-refractivity contribution in [1.82, 2.24) is 15.1 Å². The van der Waals surface area contributed by atoms with Crippen LogP contribution in [-0.2, 0) is 14.3 Å². The molecule has 1 saturated carbocycles. The van der Waals surface area contributed by atoms with Crippen molar-refractivity contribution >= 4 is 18.1 Å². The van der Waals surface area contributed by atoms with E-state index < -0.39 is 17.7 Å². The molecule has 154 valence electrons. The molecule has 1 aliphatic heterocycles. The predicted molar refractivity (Wildman–Crippen MR) is 100 cm³/mol. The molecule has 1 N–H and O–H groups in total. The van der Waals surface area contributed by atoms with Crippen LogP contribution >= 0.6 is 0 Å². The maximum atomic E-state index is 12.9. The number of alkyl carbamates (subject to hydrolysis) is 1. The van der Waals surface area contributed by atoms with E-state index in [4.69, 9.17) is 9.47 Å². The molecule has 1 saturated heterocycles. The standard InChI is InChI=1S/C19H33N3O5/c1-5-6-13-26-18(25)22-11-9-21(10-12-22)16(23)15(14-7-8-14)20-17(24)27-19(2,3)4/h14-15H,5-13H2,1-4H3,(H,20,24)/t15-/m0/s1. The average molecular weight is 383 g/mol. The first kappa shape index (κ1) is 21.3. The van der Waals surface area contributed by atoms with Crippen LogP contribution in [0.25, 0.3) is 0 Å². The van der Waals surface area contributed by atoms with Gasteiger partial charge in [-0.1, -0.05) is 13.3 Å². The smallest absolute Gasteiger partial charge is 0.409 e. The summed E-state index contributed by atoms with van der Waals surface area (Å²) in [5, 5.41) is 2.74. The number of rotatable bonds is 6. The molecule has 0 spiro atoms. The van der Waals surface area contributed by atoms with E-state index in [1.807, 2.05) is 6.92 Å². The van der Waals surface area contributed by atoms with E-state index in [2.05, 4.69) is 5.32 Å². The molecule has 3 amide bonds. The van der Waals surface area contributed by atoms with Gasteiger partial charge in [-0.05, 0) is 46.0 Å². The molecular weight excluding hydrogens is 350 g/mol. The first-order chi connectivity index (χ1) is 12.7. The topological polar surface area (TPSA) is 88.2 Å². The molecule has 0 unspecified atom stereocenters. The molecule has 1 atom stereocenters. The van der Waals surface area contributed by atoms with E-state index in [1.54, 1.807) is 30.6 Å². The highest BCUT2D eigenvalue weighted by molar-refractivity contribution is 5.86.